The molecule has 3 heterocycles. The summed E-state index contributed by atoms with van der Waals surface area (Å²) >= 11 is 0. The van der Waals surface area contributed by atoms with E-state index in [-0.39, 0.29) is 101 Å². The maximum Gasteiger partial charge on any atom is 0.322 e. The number of likely N-dealkylation sites (tertiary alicyclic amines) is 1. The monoisotopic (exact) mass is 1260 g/mol. The average molecular weight is 1260 g/mol. The number of aliphatic carboxylic acids is 2. The van der Waals surface area contributed by atoms with Gasteiger partial charge in [-0.15, -0.1) is 0 Å². The Balaban J connectivity index is 1.39. The van der Waals surface area contributed by atoms with Crippen LogP contribution in [0.1, 0.15) is 88.5 Å². The summed E-state index contributed by atoms with van der Waals surface area (Å²) in [6, 6.07) is -0.165. The highest BCUT2D eigenvalue weighted by molar-refractivity contribution is 5.99. The number of phenols is 1. The normalized spacial score (nSPS) is 15.5. The van der Waals surface area contributed by atoms with E-state index in [0.29, 0.717) is 34.1 Å². The number of aromatic hydroxyl groups is 1. The van der Waals surface area contributed by atoms with Crippen LogP contribution in [-0.4, -0.2) is 199 Å². The van der Waals surface area contributed by atoms with E-state index in [1.165, 1.54) is 41.7 Å². The van der Waals surface area contributed by atoms with Crippen molar-refractivity contribution in [3.8, 4) is 5.75 Å². The minimum Gasteiger partial charge on any atom is -0.508 e. The molecule has 4 aromatic rings. The predicted octanol–water partition coefficient (Wildman–Crippen LogP) is -3.77. The van der Waals surface area contributed by atoms with E-state index in [1.807, 2.05) is 0 Å². The molecule has 0 radical (unpaired) electrons. The second-order valence-electron chi connectivity index (χ2n) is 22.2. The first-order chi connectivity index (χ1) is 42.9. The van der Waals surface area contributed by atoms with Crippen molar-refractivity contribution in [2.24, 2.45) is 33.8 Å². The molecule has 490 valence electrons. The summed E-state index contributed by atoms with van der Waals surface area (Å²) in [7, 11) is 0. The maximum absolute atomic E-state index is 14.6. The van der Waals surface area contributed by atoms with Gasteiger partial charge in [-0.1, -0.05) is 44.2 Å². The van der Waals surface area contributed by atoms with Crippen molar-refractivity contribution in [3.63, 3.8) is 0 Å². The molecule has 1 aliphatic rings. The molecule has 32 nitrogen and oxygen atoms in total. The molecule has 1 saturated heterocycles. The number of nitrogens with two attached hydrogens (primary N) is 4. The van der Waals surface area contributed by atoms with Gasteiger partial charge >= 0.3 is 11.9 Å². The van der Waals surface area contributed by atoms with E-state index in [4.69, 9.17) is 28.0 Å². The van der Waals surface area contributed by atoms with Crippen molar-refractivity contribution in [3.05, 3.63) is 84.1 Å². The average Bonchev–Trinajstić information content (AvgIpc) is 1.98. The van der Waals surface area contributed by atoms with E-state index in [9.17, 15) is 68.1 Å². The molecule has 1 aliphatic heterocycles. The first-order valence-corrected chi connectivity index (χ1v) is 29.4. The predicted molar refractivity (Wildman–Crippen MR) is 325 cm³/mol. The lowest BCUT2D eigenvalue weighted by molar-refractivity contribution is -0.143. The number of aliphatic hydroxyl groups excluding tert-OH is 1. The number of benzene rings is 2. The van der Waals surface area contributed by atoms with Gasteiger partial charge in [0.2, 0.25) is 53.2 Å². The highest BCUT2D eigenvalue weighted by Crippen LogP contribution is 2.22. The number of aromatic nitrogens is 3. The van der Waals surface area contributed by atoms with Gasteiger partial charge in [0.15, 0.2) is 5.96 Å². The second kappa shape index (κ2) is 35.3. The number of amides is 9. The Hall–Kier alpha value is -9.69. The number of carboxylic acid groups (broad SMARTS) is 2. The number of phenolic OH excluding ortho intramolecular Hbond substituents is 1. The number of hydrogen-bond donors (Lipinski definition) is 18. The number of carboxylic acids is 2. The lowest BCUT2D eigenvalue weighted by atomic mass is 10.0. The lowest BCUT2D eigenvalue weighted by Crippen LogP contribution is -2.61. The highest BCUT2D eigenvalue weighted by atomic mass is 16.4. The first-order valence-electron chi connectivity index (χ1n) is 29.4. The molecule has 32 heteroatoms. The van der Waals surface area contributed by atoms with Crippen LogP contribution in [0.25, 0.3) is 10.9 Å². The summed E-state index contributed by atoms with van der Waals surface area (Å²) in [6.45, 7) is 2.02. The van der Waals surface area contributed by atoms with Crippen LogP contribution < -0.4 is 65.5 Å². The third-order valence-electron chi connectivity index (χ3n) is 14.7. The fourth-order valence-corrected chi connectivity index (χ4v) is 9.99. The first kappa shape index (κ1) is 71.1. The van der Waals surface area contributed by atoms with Gasteiger partial charge in [-0.25, -0.2) is 4.98 Å². The standard InChI is InChI=1S/C58H83N17O15/c1-31(2)22-41(51(84)69-40(11-6-20-64-58(61)62)57(90)75-21-7-12-46(75)56(89)66-28-48(80)81)71-50(83)39(10-5-19-59)68-52(85)42(23-32-13-15-35(77)16-14-32)72-55(88)45(29-76)74-53(86)43(24-33-26-65-38-9-4-3-8-36(33)38)73-54(87)44(25-34-27-63-30-67-34)70-49(82)37(60)17-18-47(78)79/h3-4,8-9,13-16,26-27,30-31,37,39-46,65,76-77H,5-7,10-12,17-25,28-29,59-60H2,1-2H3,(H,63,67)(H,66,89)(H,68,85)(H,69,84)(H,70,82)(H,71,83)(H,72,88)(H,73,87)(H,74,86)(H,78,79)(H,80,81)(H4,61,62,64)/t37-,39-,40-,41-,42-,43-,44-,45-,46-/m0/s1. The Labute approximate surface area is 517 Å². The number of guanidine groups is 1. The van der Waals surface area contributed by atoms with Crippen molar-refractivity contribution in [2.45, 2.75) is 145 Å². The number of aliphatic hydroxyl groups is 1. The van der Waals surface area contributed by atoms with Crippen LogP contribution in [-0.2, 0) is 72.0 Å². The number of aliphatic imine (C=N–C) groups is 1. The zero-order chi connectivity index (χ0) is 66.0. The van der Waals surface area contributed by atoms with Crippen molar-refractivity contribution in [1.82, 2.24) is 62.4 Å². The van der Waals surface area contributed by atoms with Gasteiger partial charge in [0.1, 0.15) is 60.6 Å². The topological polar surface area (TPSA) is 529 Å². The number of H-pyrrole nitrogens is 2. The maximum atomic E-state index is 14.6. The van der Waals surface area contributed by atoms with E-state index < -0.39 is 139 Å². The number of imidazole rings is 1. The third kappa shape index (κ3) is 22.5. The van der Waals surface area contributed by atoms with Gasteiger partial charge in [-0.05, 0) is 93.2 Å². The van der Waals surface area contributed by atoms with Crippen LogP contribution in [0.2, 0.25) is 0 Å². The Morgan fingerprint density at radius 3 is 1.89 bits per heavy atom. The van der Waals surface area contributed by atoms with Crippen molar-refractivity contribution < 1.29 is 73.2 Å². The van der Waals surface area contributed by atoms with E-state index in [2.05, 4.69) is 62.5 Å². The molecule has 2 aromatic heterocycles. The smallest absolute Gasteiger partial charge is 0.322 e. The Morgan fingerprint density at radius 1 is 0.689 bits per heavy atom. The molecular formula is C58H83N17O15. The minimum absolute atomic E-state index is 0.0152. The number of carbonyl (C=O) groups is 11. The largest absolute Gasteiger partial charge is 0.508 e. The molecule has 2 aromatic carbocycles. The Bertz CT molecular complexity index is 3140. The van der Waals surface area contributed by atoms with Crippen LogP contribution in [0, 0.1) is 5.92 Å². The molecule has 0 unspecified atom stereocenters. The summed E-state index contributed by atoms with van der Waals surface area (Å²) in [6.07, 6.45) is 3.75. The number of hydrogen-bond acceptors (Lipinski definition) is 17. The van der Waals surface area contributed by atoms with Gasteiger partial charge in [0.05, 0.1) is 19.0 Å². The van der Waals surface area contributed by atoms with Crippen LogP contribution in [0.4, 0.5) is 0 Å². The molecule has 9 atom stereocenters. The van der Waals surface area contributed by atoms with Crippen LogP contribution >= 0.6 is 0 Å². The molecule has 1 fully saturated rings. The van der Waals surface area contributed by atoms with Crippen molar-refractivity contribution in [2.75, 3.05) is 32.8 Å². The summed E-state index contributed by atoms with van der Waals surface area (Å²) in [5, 5.41) is 60.4. The van der Waals surface area contributed by atoms with Gasteiger partial charge < -0.3 is 101 Å². The number of carbonyl (C=O) groups excluding carboxylic acids is 9. The summed E-state index contributed by atoms with van der Waals surface area (Å²) < 4.78 is 0. The van der Waals surface area contributed by atoms with E-state index in [1.54, 1.807) is 44.3 Å². The molecule has 5 rings (SSSR count). The van der Waals surface area contributed by atoms with Crippen LogP contribution in [0.15, 0.2) is 72.2 Å². The van der Waals surface area contributed by atoms with E-state index >= 15 is 0 Å². The third-order valence-corrected chi connectivity index (χ3v) is 14.7. The van der Waals surface area contributed by atoms with Gasteiger partial charge in [0.25, 0.3) is 0 Å². The van der Waals surface area contributed by atoms with Gasteiger partial charge in [0, 0.05) is 67.8 Å². The molecule has 9 amide bonds. The fraction of sp³-hybridized carbons (Fsp3) is 0.500. The summed E-state index contributed by atoms with van der Waals surface area (Å²) in [5.41, 5.74) is 24.9. The molecule has 90 heavy (non-hydrogen) atoms. The summed E-state index contributed by atoms with van der Waals surface area (Å²) in [5.74, 6) is -11.0. The van der Waals surface area contributed by atoms with Crippen molar-refractivity contribution in [1.29, 1.82) is 0 Å². The molecule has 0 aliphatic carbocycles. The Morgan fingerprint density at radius 2 is 1.27 bits per heavy atom. The zero-order valence-electron chi connectivity index (χ0n) is 50.1. The molecule has 0 bridgehead atoms. The fourth-order valence-electron chi connectivity index (χ4n) is 9.99. The van der Waals surface area contributed by atoms with Gasteiger partial charge in [-0.3, -0.25) is 57.7 Å². The van der Waals surface area contributed by atoms with E-state index in [0.717, 1.165) is 0 Å². The number of rotatable bonds is 37. The number of para-hydroxylation sites is 1. The number of nitrogens with one attached hydrogen (secondary N) is 10. The lowest BCUT2D eigenvalue weighted by Gasteiger charge is -2.30. The molecular weight excluding hydrogens is 1170 g/mol. The molecule has 0 saturated carbocycles. The van der Waals surface area contributed by atoms with Crippen LogP contribution in [0.5, 0.6) is 5.75 Å². The summed E-state index contributed by atoms with van der Waals surface area (Å²) in [4.78, 5) is 165. The zero-order valence-corrected chi connectivity index (χ0v) is 50.1. The highest BCUT2D eigenvalue weighted by Gasteiger charge is 2.40. The van der Waals surface area contributed by atoms with Crippen LogP contribution in [0.3, 0.4) is 0 Å². The molecule has 22 N–H and O–H groups in total. The number of nitrogens with zero attached hydrogens (tertiary/aromatic N) is 3. The number of fused-ring (bicyclic) bond motifs is 1. The SMILES string of the molecule is CC(C)C[C@H](NC(=O)[C@H](CCCN)NC(=O)[C@H](Cc1ccc(O)cc1)NC(=O)[C@H](CO)NC(=O)[C@H](Cc1c[nH]c2ccccc12)NC(=O)[C@H](Cc1cnc[nH]1)NC(=O)[C@@H](N)CCC(=O)O)C(=O)N[C@@H](CCCN=C(N)N)C(=O)N1CCC[C@H]1C(=O)NCC(=O)O. The minimum atomic E-state index is -1.82. The number of aromatic amines is 2. The van der Waals surface area contributed by atoms with Gasteiger partial charge in [-0.2, -0.15) is 0 Å². The Kier molecular flexibility index (Phi) is 27.9. The second-order valence-corrected chi connectivity index (χ2v) is 22.2. The van der Waals surface area contributed by atoms with Crippen molar-refractivity contribution >= 4 is 82.0 Å². The molecule has 0 spiro atoms. The quantitative estimate of drug-likeness (QED) is 0.0117.